The Bertz CT molecular complexity index is 820. The molecule has 7 nitrogen and oxygen atoms in total. The lowest BCUT2D eigenvalue weighted by Gasteiger charge is -2.03. The smallest absolute Gasteiger partial charge is 0.287 e. The van der Waals surface area contributed by atoms with E-state index < -0.39 is 0 Å². The van der Waals surface area contributed by atoms with Gasteiger partial charge in [0.05, 0.1) is 7.11 Å². The third kappa shape index (κ3) is 3.45. The predicted octanol–water partition coefficient (Wildman–Crippen LogP) is 2.06. The van der Waals surface area contributed by atoms with Crippen LogP contribution in [0.3, 0.4) is 0 Å². The van der Waals surface area contributed by atoms with Gasteiger partial charge in [0, 0.05) is 25.6 Å². The van der Waals surface area contributed by atoms with Crippen molar-refractivity contribution in [3.8, 4) is 17.1 Å². The monoisotopic (exact) mass is 326 g/mol. The number of carbonyl (C=O) groups excluding carboxylic acids is 1. The standard InChI is InChI=1S/C17H18N4O3/c1-21-11-19-20-16(21)9-10-18-17(22)15-8-7-14(24-15)12-3-5-13(23-2)6-4-12/h3-8,11H,9-10H2,1-2H3,(H,18,22). The molecule has 0 bridgehead atoms. The molecule has 0 fully saturated rings. The van der Waals surface area contributed by atoms with E-state index in [1.165, 1.54) is 0 Å². The number of nitrogens with zero attached hydrogens (tertiary/aromatic N) is 3. The Balaban J connectivity index is 1.59. The molecule has 2 heterocycles. The van der Waals surface area contributed by atoms with Gasteiger partial charge in [0.2, 0.25) is 0 Å². The molecule has 0 radical (unpaired) electrons. The van der Waals surface area contributed by atoms with Gasteiger partial charge in [-0.15, -0.1) is 10.2 Å². The van der Waals surface area contributed by atoms with E-state index in [4.69, 9.17) is 9.15 Å². The molecule has 24 heavy (non-hydrogen) atoms. The van der Waals surface area contributed by atoms with E-state index in [1.807, 2.05) is 35.9 Å². The number of aryl methyl sites for hydroxylation is 1. The van der Waals surface area contributed by atoms with Crippen LogP contribution in [0.1, 0.15) is 16.4 Å². The van der Waals surface area contributed by atoms with E-state index in [0.29, 0.717) is 18.7 Å². The van der Waals surface area contributed by atoms with Gasteiger partial charge in [-0.3, -0.25) is 4.79 Å². The summed E-state index contributed by atoms with van der Waals surface area (Å²) in [4.78, 5) is 12.1. The zero-order valence-electron chi connectivity index (χ0n) is 13.5. The maximum atomic E-state index is 12.1. The van der Waals surface area contributed by atoms with Crippen molar-refractivity contribution in [1.29, 1.82) is 0 Å². The molecule has 7 heteroatoms. The van der Waals surface area contributed by atoms with Crippen molar-refractivity contribution in [3.05, 3.63) is 54.3 Å². The summed E-state index contributed by atoms with van der Waals surface area (Å²) in [5, 5.41) is 10.6. The molecule has 0 aliphatic rings. The Labute approximate surface area is 139 Å². The Kier molecular flexibility index (Phi) is 4.60. The van der Waals surface area contributed by atoms with Crippen molar-refractivity contribution in [2.45, 2.75) is 6.42 Å². The van der Waals surface area contributed by atoms with Gasteiger partial charge in [0.25, 0.3) is 5.91 Å². The van der Waals surface area contributed by atoms with Crippen LogP contribution in [0.2, 0.25) is 0 Å². The number of aromatic nitrogens is 3. The number of benzene rings is 1. The minimum Gasteiger partial charge on any atom is -0.497 e. The van der Waals surface area contributed by atoms with E-state index >= 15 is 0 Å². The first kappa shape index (κ1) is 15.8. The van der Waals surface area contributed by atoms with Crippen molar-refractivity contribution in [1.82, 2.24) is 20.1 Å². The van der Waals surface area contributed by atoms with Gasteiger partial charge >= 0.3 is 0 Å². The molecule has 2 aromatic heterocycles. The van der Waals surface area contributed by atoms with Gasteiger partial charge in [-0.2, -0.15) is 0 Å². The van der Waals surface area contributed by atoms with Gasteiger partial charge in [0.1, 0.15) is 23.7 Å². The van der Waals surface area contributed by atoms with Crippen molar-refractivity contribution in [2.24, 2.45) is 7.05 Å². The largest absolute Gasteiger partial charge is 0.497 e. The number of nitrogens with one attached hydrogen (secondary N) is 1. The fourth-order valence-corrected chi connectivity index (χ4v) is 2.28. The second-order valence-electron chi connectivity index (χ2n) is 5.26. The van der Waals surface area contributed by atoms with E-state index in [2.05, 4.69) is 15.5 Å². The lowest BCUT2D eigenvalue weighted by atomic mass is 10.2. The Hall–Kier alpha value is -3.09. The predicted molar refractivity (Wildman–Crippen MR) is 87.7 cm³/mol. The van der Waals surface area contributed by atoms with Crippen molar-refractivity contribution >= 4 is 5.91 Å². The fraction of sp³-hybridized carbons (Fsp3) is 0.235. The Morgan fingerprint density at radius 2 is 2.04 bits per heavy atom. The van der Waals surface area contributed by atoms with Crippen LogP contribution in [0.4, 0.5) is 0 Å². The van der Waals surface area contributed by atoms with Gasteiger partial charge in [-0.1, -0.05) is 0 Å². The number of hydrogen-bond acceptors (Lipinski definition) is 5. The van der Waals surface area contributed by atoms with Gasteiger partial charge in [-0.25, -0.2) is 0 Å². The summed E-state index contributed by atoms with van der Waals surface area (Å²) in [6, 6.07) is 10.9. The summed E-state index contributed by atoms with van der Waals surface area (Å²) in [5.41, 5.74) is 0.883. The van der Waals surface area contributed by atoms with Gasteiger partial charge in [-0.05, 0) is 36.4 Å². The number of furan rings is 1. The van der Waals surface area contributed by atoms with Crippen LogP contribution in [0.5, 0.6) is 5.75 Å². The summed E-state index contributed by atoms with van der Waals surface area (Å²) in [7, 11) is 3.48. The molecule has 0 aliphatic carbocycles. The first-order chi connectivity index (χ1) is 11.7. The van der Waals surface area contributed by atoms with Crippen LogP contribution in [0.25, 0.3) is 11.3 Å². The van der Waals surface area contributed by atoms with Crippen LogP contribution in [0, 0.1) is 0 Å². The maximum absolute atomic E-state index is 12.1. The SMILES string of the molecule is COc1ccc(-c2ccc(C(=O)NCCc3nncn3C)o2)cc1. The highest BCUT2D eigenvalue weighted by atomic mass is 16.5. The van der Waals surface area contributed by atoms with Crippen LogP contribution in [-0.2, 0) is 13.5 Å². The molecule has 3 rings (SSSR count). The highest BCUT2D eigenvalue weighted by Gasteiger charge is 2.12. The average Bonchev–Trinajstić information content (AvgIpc) is 3.25. The molecule has 1 aromatic carbocycles. The van der Waals surface area contributed by atoms with Crippen molar-refractivity contribution in [2.75, 3.05) is 13.7 Å². The third-order valence-corrected chi connectivity index (χ3v) is 3.64. The van der Waals surface area contributed by atoms with Crippen molar-refractivity contribution < 1.29 is 13.9 Å². The van der Waals surface area contributed by atoms with Crippen molar-refractivity contribution in [3.63, 3.8) is 0 Å². The molecule has 0 saturated carbocycles. The Morgan fingerprint density at radius 3 is 2.71 bits per heavy atom. The molecule has 0 saturated heterocycles. The van der Waals surface area contributed by atoms with E-state index in [9.17, 15) is 4.79 Å². The molecule has 0 unspecified atom stereocenters. The number of hydrogen-bond donors (Lipinski definition) is 1. The number of ether oxygens (including phenoxy) is 1. The number of rotatable bonds is 6. The molecule has 1 N–H and O–H groups in total. The average molecular weight is 326 g/mol. The second-order valence-corrected chi connectivity index (χ2v) is 5.26. The highest BCUT2D eigenvalue weighted by molar-refractivity contribution is 5.92. The lowest BCUT2D eigenvalue weighted by Crippen LogP contribution is -2.25. The molecule has 1 amide bonds. The molecule has 3 aromatic rings. The summed E-state index contributed by atoms with van der Waals surface area (Å²) in [5.74, 6) is 2.24. The fourth-order valence-electron chi connectivity index (χ4n) is 2.28. The normalized spacial score (nSPS) is 10.6. The first-order valence-corrected chi connectivity index (χ1v) is 7.52. The third-order valence-electron chi connectivity index (χ3n) is 3.64. The number of methoxy groups -OCH3 is 1. The lowest BCUT2D eigenvalue weighted by molar-refractivity contribution is 0.0927. The van der Waals surface area contributed by atoms with E-state index in [0.717, 1.165) is 17.1 Å². The van der Waals surface area contributed by atoms with Crippen LogP contribution in [0.15, 0.2) is 47.1 Å². The topological polar surface area (TPSA) is 82.2 Å². The quantitative estimate of drug-likeness (QED) is 0.750. The minimum atomic E-state index is -0.253. The van der Waals surface area contributed by atoms with Gasteiger partial charge < -0.3 is 19.0 Å². The zero-order chi connectivity index (χ0) is 16.9. The summed E-state index contributed by atoms with van der Waals surface area (Å²) in [6.45, 7) is 0.462. The molecular weight excluding hydrogens is 308 g/mol. The van der Waals surface area contributed by atoms with E-state index in [-0.39, 0.29) is 11.7 Å². The molecule has 124 valence electrons. The van der Waals surface area contributed by atoms with Crippen LogP contribution in [-0.4, -0.2) is 34.3 Å². The van der Waals surface area contributed by atoms with E-state index in [1.54, 1.807) is 25.6 Å². The molecular formula is C17H18N4O3. The molecule has 0 spiro atoms. The highest BCUT2D eigenvalue weighted by Crippen LogP contribution is 2.24. The second kappa shape index (κ2) is 6.99. The van der Waals surface area contributed by atoms with Crippen LogP contribution < -0.4 is 10.1 Å². The first-order valence-electron chi connectivity index (χ1n) is 7.52. The minimum absolute atomic E-state index is 0.253. The summed E-state index contributed by atoms with van der Waals surface area (Å²) < 4.78 is 12.6. The molecule has 0 aliphatic heterocycles. The van der Waals surface area contributed by atoms with Crippen LogP contribution >= 0.6 is 0 Å². The van der Waals surface area contributed by atoms with Gasteiger partial charge in [0.15, 0.2) is 5.76 Å². The number of carbonyl (C=O) groups is 1. The summed E-state index contributed by atoms with van der Waals surface area (Å²) >= 11 is 0. The molecule has 0 atom stereocenters. The Morgan fingerprint density at radius 1 is 1.25 bits per heavy atom. The number of amides is 1. The maximum Gasteiger partial charge on any atom is 0.287 e. The summed E-state index contributed by atoms with van der Waals surface area (Å²) in [6.07, 6.45) is 2.24. The zero-order valence-corrected chi connectivity index (χ0v) is 13.5.